The Morgan fingerprint density at radius 3 is 2.72 bits per heavy atom. The van der Waals surface area contributed by atoms with Crippen LogP contribution in [-0.4, -0.2) is 18.1 Å². The molecule has 94 valence electrons. The van der Waals surface area contributed by atoms with E-state index in [-0.39, 0.29) is 5.82 Å². The normalized spacial score (nSPS) is 10.1. The molecule has 0 unspecified atom stereocenters. The number of rotatable bonds is 3. The third-order valence-electron chi connectivity index (χ3n) is 2.12. The van der Waals surface area contributed by atoms with E-state index in [2.05, 4.69) is 31.0 Å². The zero-order valence-corrected chi connectivity index (χ0v) is 11.8. The summed E-state index contributed by atoms with van der Waals surface area (Å²) in [4.78, 5) is 15.8. The molecule has 0 aliphatic heterocycles. The molecule has 1 aromatic heterocycles. The van der Waals surface area contributed by atoms with Crippen LogP contribution in [0.4, 0.5) is 16.6 Å². The van der Waals surface area contributed by atoms with Crippen LogP contribution in [-0.2, 0) is 4.74 Å². The van der Waals surface area contributed by atoms with Gasteiger partial charge in [-0.2, -0.15) is 0 Å². The van der Waals surface area contributed by atoms with Crippen LogP contribution in [0.3, 0.4) is 0 Å². The molecule has 0 spiro atoms. The lowest BCUT2D eigenvalue weighted by Crippen LogP contribution is -2.01. The Morgan fingerprint density at radius 1 is 1.44 bits per heavy atom. The first kappa shape index (κ1) is 12.8. The van der Waals surface area contributed by atoms with Crippen molar-refractivity contribution in [1.29, 1.82) is 0 Å². The molecule has 0 saturated carbocycles. The minimum absolute atomic E-state index is 0.173. The highest BCUT2D eigenvalue weighted by Crippen LogP contribution is 2.28. The van der Waals surface area contributed by atoms with Gasteiger partial charge in [-0.05, 0) is 24.3 Å². The lowest BCUT2D eigenvalue weighted by atomic mass is 10.3. The average Bonchev–Trinajstić information content (AvgIpc) is 2.72. The van der Waals surface area contributed by atoms with Crippen LogP contribution < -0.4 is 11.1 Å². The smallest absolute Gasteiger partial charge is 0.351 e. The summed E-state index contributed by atoms with van der Waals surface area (Å²) < 4.78 is 5.60. The summed E-state index contributed by atoms with van der Waals surface area (Å²) >= 11 is 4.51. The molecule has 0 aliphatic carbocycles. The summed E-state index contributed by atoms with van der Waals surface area (Å²) in [6.07, 6.45) is 0. The van der Waals surface area contributed by atoms with Crippen molar-refractivity contribution in [2.75, 3.05) is 18.2 Å². The predicted molar refractivity (Wildman–Crippen MR) is 75.3 cm³/mol. The quantitative estimate of drug-likeness (QED) is 0.847. The second kappa shape index (κ2) is 5.36. The minimum atomic E-state index is -0.478. The number of hydrogen-bond acceptors (Lipinski definition) is 6. The van der Waals surface area contributed by atoms with Gasteiger partial charge in [0.05, 0.1) is 7.11 Å². The number of nitrogen functional groups attached to an aromatic ring is 1. The zero-order chi connectivity index (χ0) is 13.1. The number of nitrogens with zero attached hydrogens (tertiary/aromatic N) is 1. The summed E-state index contributed by atoms with van der Waals surface area (Å²) in [5.74, 6) is -0.305. The number of anilines is 3. The molecule has 7 heteroatoms. The van der Waals surface area contributed by atoms with E-state index >= 15 is 0 Å². The van der Waals surface area contributed by atoms with E-state index in [4.69, 9.17) is 5.73 Å². The summed E-state index contributed by atoms with van der Waals surface area (Å²) in [6.45, 7) is 0. The zero-order valence-electron chi connectivity index (χ0n) is 9.44. The highest BCUT2D eigenvalue weighted by Gasteiger charge is 2.16. The Balaban J connectivity index is 2.20. The van der Waals surface area contributed by atoms with Gasteiger partial charge < -0.3 is 15.8 Å². The first-order valence-corrected chi connectivity index (χ1v) is 6.58. The molecule has 0 fully saturated rings. The molecule has 1 heterocycles. The molecule has 5 nitrogen and oxygen atoms in total. The molecule has 0 radical (unpaired) electrons. The average molecular weight is 328 g/mol. The Hall–Kier alpha value is -1.60. The maximum Gasteiger partial charge on any atom is 0.351 e. The maximum atomic E-state index is 11.4. The second-order valence-corrected chi connectivity index (χ2v) is 5.27. The molecular formula is C11H10BrN3O2S. The molecular weight excluding hydrogens is 318 g/mol. The van der Waals surface area contributed by atoms with Crippen molar-refractivity contribution >= 4 is 49.9 Å². The number of carbonyl (C=O) groups excluding carboxylic acids is 1. The number of hydrogen-bond donors (Lipinski definition) is 2. The molecule has 1 aromatic carbocycles. The maximum absolute atomic E-state index is 11.4. The van der Waals surface area contributed by atoms with Crippen molar-refractivity contribution < 1.29 is 9.53 Å². The number of carbonyl (C=O) groups is 1. The van der Waals surface area contributed by atoms with Gasteiger partial charge in [-0.15, -0.1) is 0 Å². The first-order valence-electron chi connectivity index (χ1n) is 4.97. The van der Waals surface area contributed by atoms with Crippen molar-refractivity contribution in [3.63, 3.8) is 0 Å². The fourth-order valence-electron chi connectivity index (χ4n) is 1.28. The lowest BCUT2D eigenvalue weighted by Gasteiger charge is -2.01. The van der Waals surface area contributed by atoms with Gasteiger partial charge in [-0.3, -0.25) is 0 Å². The van der Waals surface area contributed by atoms with E-state index in [0.29, 0.717) is 10.0 Å². The molecule has 0 saturated heterocycles. The van der Waals surface area contributed by atoms with E-state index in [0.717, 1.165) is 21.5 Å². The third-order valence-corrected chi connectivity index (χ3v) is 3.61. The fraction of sp³-hybridized carbons (Fsp3) is 0.0909. The van der Waals surface area contributed by atoms with E-state index in [1.165, 1.54) is 7.11 Å². The van der Waals surface area contributed by atoms with Gasteiger partial charge in [-0.25, -0.2) is 9.78 Å². The molecule has 0 atom stereocenters. The van der Waals surface area contributed by atoms with Crippen LogP contribution in [0, 0.1) is 0 Å². The summed E-state index contributed by atoms with van der Waals surface area (Å²) in [6, 6.07) is 7.58. The van der Waals surface area contributed by atoms with Gasteiger partial charge in [0.1, 0.15) is 0 Å². The van der Waals surface area contributed by atoms with Crippen LogP contribution in [0.15, 0.2) is 28.7 Å². The standard InChI is InChI=1S/C11H10BrN3O2S/c1-17-10(16)8-9(13)15-11(18-8)14-7-4-2-6(12)3-5-7/h2-5H,13H2,1H3,(H,14,15). The molecule has 18 heavy (non-hydrogen) atoms. The monoisotopic (exact) mass is 327 g/mol. The van der Waals surface area contributed by atoms with Gasteiger partial charge in [0.25, 0.3) is 0 Å². The number of esters is 1. The number of ether oxygens (including phenoxy) is 1. The fourth-order valence-corrected chi connectivity index (χ4v) is 2.37. The van der Waals surface area contributed by atoms with Gasteiger partial charge in [-0.1, -0.05) is 27.3 Å². The van der Waals surface area contributed by atoms with Crippen LogP contribution in [0.2, 0.25) is 0 Å². The summed E-state index contributed by atoms with van der Waals surface area (Å²) in [7, 11) is 1.31. The number of aromatic nitrogens is 1. The minimum Gasteiger partial charge on any atom is -0.465 e. The predicted octanol–water partition coefficient (Wildman–Crippen LogP) is 3.02. The number of methoxy groups -OCH3 is 1. The van der Waals surface area contributed by atoms with Crippen molar-refractivity contribution in [3.05, 3.63) is 33.6 Å². The van der Waals surface area contributed by atoms with Crippen LogP contribution in [0.1, 0.15) is 9.67 Å². The molecule has 3 N–H and O–H groups in total. The molecule has 2 aromatic rings. The Kier molecular flexibility index (Phi) is 3.83. The lowest BCUT2D eigenvalue weighted by molar-refractivity contribution is 0.0607. The first-order chi connectivity index (χ1) is 8.60. The summed E-state index contributed by atoms with van der Waals surface area (Å²) in [5, 5.41) is 3.62. The van der Waals surface area contributed by atoms with E-state index in [9.17, 15) is 4.79 Å². The SMILES string of the molecule is COC(=O)c1sc(Nc2ccc(Br)cc2)nc1N. The Labute approximate surface area is 116 Å². The topological polar surface area (TPSA) is 77.2 Å². The molecule has 0 bridgehead atoms. The second-order valence-electron chi connectivity index (χ2n) is 3.36. The van der Waals surface area contributed by atoms with Crippen molar-refractivity contribution in [2.45, 2.75) is 0 Å². The van der Waals surface area contributed by atoms with Gasteiger partial charge in [0.15, 0.2) is 15.8 Å². The van der Waals surface area contributed by atoms with Gasteiger partial charge >= 0.3 is 5.97 Å². The van der Waals surface area contributed by atoms with E-state index < -0.39 is 5.97 Å². The number of nitrogens with one attached hydrogen (secondary N) is 1. The van der Waals surface area contributed by atoms with Crippen LogP contribution in [0.25, 0.3) is 0 Å². The van der Waals surface area contributed by atoms with Gasteiger partial charge in [0, 0.05) is 10.2 Å². The number of thiazole rings is 1. The van der Waals surface area contributed by atoms with Crippen molar-refractivity contribution in [2.24, 2.45) is 0 Å². The van der Waals surface area contributed by atoms with Crippen molar-refractivity contribution in [3.8, 4) is 0 Å². The highest BCUT2D eigenvalue weighted by molar-refractivity contribution is 9.10. The van der Waals surface area contributed by atoms with Crippen LogP contribution >= 0.6 is 27.3 Å². The summed E-state index contributed by atoms with van der Waals surface area (Å²) in [5.41, 5.74) is 6.51. The molecule has 0 amide bonds. The van der Waals surface area contributed by atoms with E-state index in [1.807, 2.05) is 24.3 Å². The largest absolute Gasteiger partial charge is 0.465 e. The Morgan fingerprint density at radius 2 is 2.11 bits per heavy atom. The number of benzene rings is 1. The highest BCUT2D eigenvalue weighted by atomic mass is 79.9. The molecule has 2 rings (SSSR count). The number of nitrogens with two attached hydrogens (primary N) is 1. The van der Waals surface area contributed by atoms with Crippen LogP contribution in [0.5, 0.6) is 0 Å². The Bertz CT molecular complexity index is 568. The van der Waals surface area contributed by atoms with Gasteiger partial charge in [0.2, 0.25) is 0 Å². The third kappa shape index (κ3) is 2.80. The number of halogens is 1. The van der Waals surface area contributed by atoms with E-state index in [1.54, 1.807) is 0 Å². The molecule has 0 aliphatic rings. The van der Waals surface area contributed by atoms with Crippen molar-refractivity contribution in [1.82, 2.24) is 4.98 Å².